The first-order valence-corrected chi connectivity index (χ1v) is 7.89. The third-order valence-corrected chi connectivity index (χ3v) is 4.33. The van der Waals surface area contributed by atoms with Gasteiger partial charge in [-0.25, -0.2) is 0 Å². The van der Waals surface area contributed by atoms with Crippen LogP contribution in [0.5, 0.6) is 0 Å². The van der Waals surface area contributed by atoms with Crippen LogP contribution in [0.3, 0.4) is 0 Å². The number of amides is 1. The van der Waals surface area contributed by atoms with Gasteiger partial charge in [0.1, 0.15) is 0 Å². The fourth-order valence-corrected chi connectivity index (χ4v) is 3.06. The number of hydrogen-bond acceptors (Lipinski definition) is 3. The zero-order valence-corrected chi connectivity index (χ0v) is 12.2. The van der Waals surface area contributed by atoms with Gasteiger partial charge in [-0.05, 0) is 45.7 Å². The van der Waals surface area contributed by atoms with E-state index in [0.717, 1.165) is 45.3 Å². The first kappa shape index (κ1) is 14.8. The molecule has 1 N–H and O–H groups in total. The normalized spacial score (nSPS) is 26.2. The molecule has 1 atom stereocenters. The number of likely N-dealkylation sites (tertiary alicyclic amines) is 1. The molecule has 2 aliphatic heterocycles. The summed E-state index contributed by atoms with van der Waals surface area (Å²) in [5.74, 6) is 0.281. The Hall–Kier alpha value is -0.610. The van der Waals surface area contributed by atoms with Crippen LogP contribution in [-0.2, 0) is 9.53 Å². The third-order valence-electron chi connectivity index (χ3n) is 4.33. The highest BCUT2D eigenvalue weighted by Crippen LogP contribution is 2.17. The average molecular weight is 268 g/mol. The summed E-state index contributed by atoms with van der Waals surface area (Å²) >= 11 is 0. The van der Waals surface area contributed by atoms with Crippen LogP contribution >= 0.6 is 0 Å². The molecule has 0 bridgehead atoms. The summed E-state index contributed by atoms with van der Waals surface area (Å²) in [6.07, 6.45) is 7.90. The van der Waals surface area contributed by atoms with Gasteiger partial charge in [0.05, 0.1) is 19.1 Å². The molecular weight excluding hydrogens is 240 g/mol. The molecule has 2 aliphatic rings. The van der Waals surface area contributed by atoms with Crippen LogP contribution in [0, 0.1) is 0 Å². The number of carbonyl (C=O) groups excluding carboxylic acids is 1. The number of rotatable bonds is 4. The van der Waals surface area contributed by atoms with E-state index in [9.17, 15) is 4.79 Å². The summed E-state index contributed by atoms with van der Waals surface area (Å²) in [6.45, 7) is 5.79. The minimum absolute atomic E-state index is 0.281. The lowest BCUT2D eigenvalue weighted by molar-refractivity contribution is -0.134. The Morgan fingerprint density at radius 3 is 2.79 bits per heavy atom. The zero-order chi connectivity index (χ0) is 13.5. The van der Waals surface area contributed by atoms with Crippen LogP contribution in [0.2, 0.25) is 0 Å². The van der Waals surface area contributed by atoms with Crippen molar-refractivity contribution in [2.45, 2.75) is 64.0 Å². The van der Waals surface area contributed by atoms with Gasteiger partial charge in [-0.15, -0.1) is 0 Å². The van der Waals surface area contributed by atoms with Crippen molar-refractivity contribution in [3.8, 4) is 0 Å². The number of nitrogens with one attached hydrogen (secondary N) is 1. The second kappa shape index (κ2) is 7.85. The Labute approximate surface area is 116 Å². The molecule has 19 heavy (non-hydrogen) atoms. The number of hydrogen-bond donors (Lipinski definition) is 1. The lowest BCUT2D eigenvalue weighted by Crippen LogP contribution is -2.39. The molecule has 4 nitrogen and oxygen atoms in total. The van der Waals surface area contributed by atoms with Gasteiger partial charge in [0.2, 0.25) is 5.91 Å². The maximum absolute atomic E-state index is 12.2. The summed E-state index contributed by atoms with van der Waals surface area (Å²) in [5.41, 5.74) is 0. The van der Waals surface area contributed by atoms with Crippen molar-refractivity contribution in [2.24, 2.45) is 0 Å². The van der Waals surface area contributed by atoms with Crippen LogP contribution < -0.4 is 5.32 Å². The Bertz CT molecular complexity index is 277. The maximum Gasteiger partial charge on any atom is 0.225 e. The van der Waals surface area contributed by atoms with Crippen LogP contribution in [0.1, 0.15) is 51.9 Å². The first-order chi connectivity index (χ1) is 9.27. The van der Waals surface area contributed by atoms with Crippen LogP contribution in [0.25, 0.3) is 0 Å². The number of nitrogens with zero attached hydrogens (tertiary/aromatic N) is 1. The Morgan fingerprint density at radius 2 is 2.00 bits per heavy atom. The summed E-state index contributed by atoms with van der Waals surface area (Å²) in [6, 6.07) is 0.411. The molecule has 0 aliphatic carbocycles. The second-order valence-corrected chi connectivity index (χ2v) is 5.86. The first-order valence-electron chi connectivity index (χ1n) is 7.89. The highest BCUT2D eigenvalue weighted by atomic mass is 16.5. The van der Waals surface area contributed by atoms with Crippen molar-refractivity contribution in [2.75, 3.05) is 26.2 Å². The molecule has 1 amide bonds. The van der Waals surface area contributed by atoms with Gasteiger partial charge in [-0.3, -0.25) is 4.79 Å². The molecule has 0 aromatic rings. The van der Waals surface area contributed by atoms with E-state index in [1.54, 1.807) is 0 Å². The minimum Gasteiger partial charge on any atom is -0.378 e. The summed E-state index contributed by atoms with van der Waals surface area (Å²) < 4.78 is 5.82. The molecule has 0 aromatic carbocycles. The quantitative estimate of drug-likeness (QED) is 0.847. The van der Waals surface area contributed by atoms with Crippen molar-refractivity contribution in [1.82, 2.24) is 10.2 Å². The number of carbonyl (C=O) groups is 1. The largest absolute Gasteiger partial charge is 0.378 e. The van der Waals surface area contributed by atoms with Crippen LogP contribution in [0.15, 0.2) is 0 Å². The topological polar surface area (TPSA) is 41.6 Å². The van der Waals surface area contributed by atoms with E-state index in [-0.39, 0.29) is 5.91 Å². The monoisotopic (exact) mass is 268 g/mol. The molecule has 4 heteroatoms. The smallest absolute Gasteiger partial charge is 0.225 e. The minimum atomic E-state index is 0.281. The highest BCUT2D eigenvalue weighted by molar-refractivity contribution is 5.76. The van der Waals surface area contributed by atoms with E-state index in [4.69, 9.17) is 4.74 Å². The Kier molecular flexibility index (Phi) is 6.11. The molecule has 2 fully saturated rings. The molecule has 2 rings (SSSR count). The lowest BCUT2D eigenvalue weighted by Gasteiger charge is -2.28. The predicted molar refractivity (Wildman–Crippen MR) is 76.1 cm³/mol. The molecule has 1 unspecified atom stereocenters. The zero-order valence-electron chi connectivity index (χ0n) is 12.2. The van der Waals surface area contributed by atoms with Crippen LogP contribution in [0.4, 0.5) is 0 Å². The van der Waals surface area contributed by atoms with Gasteiger partial charge in [0.15, 0.2) is 0 Å². The van der Waals surface area contributed by atoms with Gasteiger partial charge in [-0.2, -0.15) is 0 Å². The molecule has 0 aromatic heterocycles. The van der Waals surface area contributed by atoms with Crippen molar-refractivity contribution >= 4 is 5.91 Å². The molecule has 0 radical (unpaired) electrons. The summed E-state index contributed by atoms with van der Waals surface area (Å²) in [4.78, 5) is 14.3. The maximum atomic E-state index is 12.2. The fraction of sp³-hybridized carbons (Fsp3) is 0.933. The summed E-state index contributed by atoms with van der Waals surface area (Å²) in [5, 5.41) is 3.32. The van der Waals surface area contributed by atoms with E-state index < -0.39 is 0 Å². The molecule has 2 heterocycles. The van der Waals surface area contributed by atoms with Gasteiger partial charge in [0, 0.05) is 12.6 Å². The molecule has 0 spiro atoms. The van der Waals surface area contributed by atoms with Crippen LogP contribution in [-0.4, -0.2) is 49.2 Å². The van der Waals surface area contributed by atoms with Crippen molar-refractivity contribution in [3.05, 3.63) is 0 Å². The third kappa shape index (κ3) is 4.77. The van der Waals surface area contributed by atoms with E-state index in [1.807, 2.05) is 0 Å². The number of piperidine rings is 1. The standard InChI is InChI=1S/C15H28N2O2/c1-13-5-3-2-4-11-17(13)15(18)8-12-19-14-6-9-16-10-7-14/h13-14,16H,2-12H2,1H3. The van der Waals surface area contributed by atoms with E-state index in [1.165, 1.54) is 12.8 Å². The average Bonchev–Trinajstić information content (AvgIpc) is 2.64. The fourth-order valence-electron chi connectivity index (χ4n) is 3.06. The van der Waals surface area contributed by atoms with Gasteiger partial charge in [-0.1, -0.05) is 12.8 Å². The molecule has 110 valence electrons. The van der Waals surface area contributed by atoms with Crippen molar-refractivity contribution in [3.63, 3.8) is 0 Å². The number of ether oxygens (including phenoxy) is 1. The summed E-state index contributed by atoms with van der Waals surface area (Å²) in [7, 11) is 0. The predicted octanol–water partition coefficient (Wildman–Crippen LogP) is 1.94. The van der Waals surface area contributed by atoms with Crippen molar-refractivity contribution in [1.29, 1.82) is 0 Å². The Morgan fingerprint density at radius 1 is 1.21 bits per heavy atom. The highest BCUT2D eigenvalue weighted by Gasteiger charge is 2.22. The molecule has 2 saturated heterocycles. The lowest BCUT2D eigenvalue weighted by atomic mass is 10.1. The second-order valence-electron chi connectivity index (χ2n) is 5.86. The SMILES string of the molecule is CC1CCCCCN1C(=O)CCOC1CCNCC1. The van der Waals surface area contributed by atoms with Gasteiger partial charge < -0.3 is 15.0 Å². The van der Waals surface area contributed by atoms with E-state index in [2.05, 4.69) is 17.1 Å². The van der Waals surface area contributed by atoms with E-state index >= 15 is 0 Å². The van der Waals surface area contributed by atoms with Gasteiger partial charge in [0.25, 0.3) is 0 Å². The molecular formula is C15H28N2O2. The molecule has 0 saturated carbocycles. The Balaban J connectivity index is 1.67. The van der Waals surface area contributed by atoms with E-state index in [0.29, 0.717) is 25.2 Å². The van der Waals surface area contributed by atoms with Gasteiger partial charge >= 0.3 is 0 Å². The van der Waals surface area contributed by atoms with Crippen molar-refractivity contribution < 1.29 is 9.53 Å².